The Morgan fingerprint density at radius 2 is 1.93 bits per heavy atom. The molecule has 2 bridgehead atoms. The smallest absolute Gasteiger partial charge is 0.333 e. The molecule has 0 aromatic carbocycles. The lowest BCUT2D eigenvalue weighted by Gasteiger charge is -2.65. The number of esters is 1. The van der Waals surface area contributed by atoms with Crippen molar-refractivity contribution in [1.29, 1.82) is 0 Å². The van der Waals surface area contributed by atoms with Gasteiger partial charge in [-0.15, -0.1) is 0 Å². The first-order valence-electron chi connectivity index (χ1n) is 11.3. The molecule has 4 fully saturated rings. The molecule has 0 heterocycles. The lowest BCUT2D eigenvalue weighted by atomic mass is 9.40. The van der Waals surface area contributed by atoms with E-state index in [0.29, 0.717) is 30.3 Å². The van der Waals surface area contributed by atoms with Gasteiger partial charge in [-0.25, -0.2) is 4.79 Å². The van der Waals surface area contributed by atoms with E-state index in [9.17, 15) is 14.7 Å². The molecule has 160 valence electrons. The van der Waals surface area contributed by atoms with Crippen molar-refractivity contribution in [3.63, 3.8) is 0 Å². The van der Waals surface area contributed by atoms with Gasteiger partial charge in [0.2, 0.25) is 0 Å². The number of carbonyl (C=O) groups excluding carboxylic acids is 1. The summed E-state index contributed by atoms with van der Waals surface area (Å²) in [5, 5.41) is 10.2. The molecule has 0 radical (unpaired) electrons. The van der Waals surface area contributed by atoms with E-state index in [0.717, 1.165) is 38.5 Å². The third-order valence-electron chi connectivity index (χ3n) is 9.61. The van der Waals surface area contributed by atoms with Crippen LogP contribution in [-0.2, 0) is 14.3 Å². The number of carbonyl (C=O) groups is 2. The van der Waals surface area contributed by atoms with Gasteiger partial charge in [0.1, 0.15) is 6.10 Å². The van der Waals surface area contributed by atoms with Gasteiger partial charge in [-0.3, -0.25) is 4.79 Å². The SMILES string of the molecule is C=C1CC23CC1CCC2C1(C)CCCC(C)(C(=O)O)C1CC3OC(=O)C(C)=CC. The molecule has 4 aliphatic rings. The summed E-state index contributed by atoms with van der Waals surface area (Å²) in [5.41, 5.74) is 1.11. The Kier molecular flexibility index (Phi) is 4.79. The Morgan fingerprint density at radius 1 is 1.21 bits per heavy atom. The minimum absolute atomic E-state index is 0.0144. The Bertz CT molecular complexity index is 782. The van der Waals surface area contributed by atoms with Crippen LogP contribution in [0.5, 0.6) is 0 Å². The van der Waals surface area contributed by atoms with Gasteiger partial charge < -0.3 is 9.84 Å². The average molecular weight is 401 g/mol. The molecule has 29 heavy (non-hydrogen) atoms. The number of rotatable bonds is 3. The van der Waals surface area contributed by atoms with Gasteiger partial charge in [0.05, 0.1) is 5.41 Å². The maximum Gasteiger partial charge on any atom is 0.333 e. The zero-order chi connectivity index (χ0) is 21.2. The van der Waals surface area contributed by atoms with Crippen molar-refractivity contribution in [2.24, 2.45) is 34.0 Å². The van der Waals surface area contributed by atoms with Crippen LogP contribution in [0.1, 0.15) is 79.1 Å². The molecular weight excluding hydrogens is 364 g/mol. The summed E-state index contributed by atoms with van der Waals surface area (Å²) in [5.74, 6) is 0.0214. The van der Waals surface area contributed by atoms with E-state index in [1.807, 2.05) is 13.8 Å². The van der Waals surface area contributed by atoms with Gasteiger partial charge in [-0.1, -0.05) is 31.6 Å². The lowest BCUT2D eigenvalue weighted by Crippen LogP contribution is -2.63. The van der Waals surface area contributed by atoms with E-state index in [1.54, 1.807) is 13.0 Å². The minimum Gasteiger partial charge on any atom is -0.481 e. The normalized spacial score (nSPS) is 46.6. The summed E-state index contributed by atoms with van der Waals surface area (Å²) < 4.78 is 6.21. The fraction of sp³-hybridized carbons (Fsp3) is 0.760. The number of aliphatic carboxylic acids is 1. The molecule has 1 spiro atoms. The molecule has 4 rings (SSSR count). The molecule has 1 N–H and O–H groups in total. The van der Waals surface area contributed by atoms with Crippen LogP contribution >= 0.6 is 0 Å². The van der Waals surface area contributed by atoms with Crippen LogP contribution in [0.25, 0.3) is 0 Å². The number of allylic oxidation sites excluding steroid dienone is 2. The van der Waals surface area contributed by atoms with Crippen LogP contribution in [-0.4, -0.2) is 23.1 Å². The highest BCUT2D eigenvalue weighted by molar-refractivity contribution is 5.87. The zero-order valence-electron chi connectivity index (χ0n) is 18.4. The topological polar surface area (TPSA) is 63.6 Å². The number of carboxylic acids is 1. The van der Waals surface area contributed by atoms with Crippen molar-refractivity contribution < 1.29 is 19.4 Å². The standard InChI is InChI=1S/C25H36O4/c1-6-15(2)21(26)29-20-12-19-23(4,10-7-11-24(19,5)22(27)28)18-9-8-17-14-25(18,20)13-16(17)3/h6,17-20H,3,7-14H2,1-2,4-5H3,(H,27,28). The number of hydrogen-bond acceptors (Lipinski definition) is 3. The maximum atomic E-state index is 12.8. The molecule has 4 aliphatic carbocycles. The molecule has 0 saturated heterocycles. The largest absolute Gasteiger partial charge is 0.481 e. The maximum absolute atomic E-state index is 12.8. The second kappa shape index (κ2) is 6.72. The summed E-state index contributed by atoms with van der Waals surface area (Å²) >= 11 is 0. The summed E-state index contributed by atoms with van der Waals surface area (Å²) in [6.45, 7) is 12.3. The van der Waals surface area contributed by atoms with Crippen LogP contribution < -0.4 is 0 Å². The first-order valence-corrected chi connectivity index (χ1v) is 11.3. The second-order valence-electron chi connectivity index (χ2n) is 10.8. The fourth-order valence-corrected chi connectivity index (χ4v) is 7.99. The Morgan fingerprint density at radius 3 is 2.59 bits per heavy atom. The Balaban J connectivity index is 1.79. The second-order valence-corrected chi connectivity index (χ2v) is 10.8. The fourth-order valence-electron chi connectivity index (χ4n) is 7.99. The van der Waals surface area contributed by atoms with Crippen molar-refractivity contribution >= 4 is 11.9 Å². The number of hydrogen-bond donors (Lipinski definition) is 1. The van der Waals surface area contributed by atoms with Gasteiger partial charge in [0.25, 0.3) is 0 Å². The van der Waals surface area contributed by atoms with E-state index in [-0.39, 0.29) is 28.8 Å². The molecule has 4 heteroatoms. The molecule has 0 aromatic rings. The molecule has 0 aromatic heterocycles. The van der Waals surface area contributed by atoms with E-state index < -0.39 is 11.4 Å². The first-order chi connectivity index (χ1) is 13.6. The molecule has 7 unspecified atom stereocenters. The molecular formula is C25H36O4. The van der Waals surface area contributed by atoms with E-state index in [1.165, 1.54) is 5.57 Å². The van der Waals surface area contributed by atoms with Crippen LogP contribution in [0.15, 0.2) is 23.8 Å². The Labute approximate surface area is 174 Å². The average Bonchev–Trinajstić information content (AvgIpc) is 2.92. The highest BCUT2D eigenvalue weighted by Crippen LogP contribution is 2.72. The third-order valence-corrected chi connectivity index (χ3v) is 9.61. The van der Waals surface area contributed by atoms with E-state index in [4.69, 9.17) is 4.74 Å². The quantitative estimate of drug-likeness (QED) is 0.384. The van der Waals surface area contributed by atoms with Gasteiger partial charge >= 0.3 is 11.9 Å². The molecule has 4 saturated carbocycles. The van der Waals surface area contributed by atoms with E-state index in [2.05, 4.69) is 13.5 Å². The van der Waals surface area contributed by atoms with Gasteiger partial charge in [0, 0.05) is 11.0 Å². The van der Waals surface area contributed by atoms with Crippen LogP contribution in [0.4, 0.5) is 0 Å². The van der Waals surface area contributed by atoms with E-state index >= 15 is 0 Å². The predicted octanol–water partition coefficient (Wildman–Crippen LogP) is 5.53. The Hall–Kier alpha value is -1.58. The third kappa shape index (κ3) is 2.77. The molecule has 7 atom stereocenters. The summed E-state index contributed by atoms with van der Waals surface area (Å²) in [6.07, 6.45) is 9.24. The van der Waals surface area contributed by atoms with Crippen LogP contribution in [0.3, 0.4) is 0 Å². The van der Waals surface area contributed by atoms with Crippen molar-refractivity contribution in [2.45, 2.75) is 85.2 Å². The summed E-state index contributed by atoms with van der Waals surface area (Å²) in [4.78, 5) is 25.2. The van der Waals surface area contributed by atoms with Gasteiger partial charge in [0.15, 0.2) is 0 Å². The number of fused-ring (bicyclic) bond motifs is 3. The molecule has 0 aliphatic heterocycles. The van der Waals surface area contributed by atoms with Crippen molar-refractivity contribution in [3.8, 4) is 0 Å². The monoisotopic (exact) mass is 400 g/mol. The van der Waals surface area contributed by atoms with Crippen LogP contribution in [0, 0.1) is 34.0 Å². The zero-order valence-corrected chi connectivity index (χ0v) is 18.4. The predicted molar refractivity (Wildman–Crippen MR) is 112 cm³/mol. The van der Waals surface area contributed by atoms with Gasteiger partial charge in [-0.05, 0) is 88.9 Å². The molecule has 4 nitrogen and oxygen atoms in total. The number of ether oxygens (including phenoxy) is 1. The lowest BCUT2D eigenvalue weighted by molar-refractivity contribution is -0.217. The molecule has 0 amide bonds. The van der Waals surface area contributed by atoms with Crippen molar-refractivity contribution in [2.75, 3.05) is 0 Å². The highest BCUT2D eigenvalue weighted by atomic mass is 16.5. The summed E-state index contributed by atoms with van der Waals surface area (Å²) in [7, 11) is 0. The van der Waals surface area contributed by atoms with Crippen molar-refractivity contribution in [1.82, 2.24) is 0 Å². The first kappa shape index (κ1) is 20.7. The highest BCUT2D eigenvalue weighted by Gasteiger charge is 2.69. The minimum atomic E-state index is -0.749. The van der Waals surface area contributed by atoms with Crippen molar-refractivity contribution in [3.05, 3.63) is 23.8 Å². The summed E-state index contributed by atoms with van der Waals surface area (Å²) in [6, 6.07) is 0. The number of carboxylic acid groups (broad SMARTS) is 1. The van der Waals surface area contributed by atoms with Gasteiger partial charge in [-0.2, -0.15) is 0 Å². The van der Waals surface area contributed by atoms with Crippen LogP contribution in [0.2, 0.25) is 0 Å².